The number of hydrogen-bond donors (Lipinski definition) is 4. The van der Waals surface area contributed by atoms with E-state index in [0.29, 0.717) is 68.0 Å². The molecule has 3 aliphatic rings. The first kappa shape index (κ1) is 35.1. The molecule has 1 saturated heterocycles. The van der Waals surface area contributed by atoms with Gasteiger partial charge in [0, 0.05) is 60.8 Å². The van der Waals surface area contributed by atoms with Crippen LogP contribution in [0.2, 0.25) is 18.6 Å². The zero-order chi connectivity index (χ0) is 34.9. The Kier molecular flexibility index (Phi) is 10.2. The summed E-state index contributed by atoms with van der Waals surface area (Å²) in [5.74, 6) is -0.232. The normalized spacial score (nSPS) is 24.8. The van der Waals surface area contributed by atoms with Gasteiger partial charge in [-0.25, -0.2) is 0 Å². The van der Waals surface area contributed by atoms with Gasteiger partial charge in [-0.1, -0.05) is 12.1 Å². The van der Waals surface area contributed by atoms with Crippen molar-refractivity contribution in [3.63, 3.8) is 0 Å². The molecule has 264 valence electrons. The molecule has 0 bridgehead atoms. The number of halogens is 1. The number of anilines is 3. The van der Waals surface area contributed by atoms with Gasteiger partial charge < -0.3 is 34.4 Å². The standard InChI is InChI=1S/C35H47FN6O6Si/c1-5-47-26-9-11-30-23(18-26)19-29(37-14-6-7-16-43)33(45)42(30)25-8-10-28-27(20-25)35(34(46)38-28)22(2)32(49(3,4)36)31(48-35)12-15-41-21-24(13-17-44)39-40-41/h8-11,18,20-22,29,31-32,37,43-44H,5-7,12-17,19H2,1-4H3,(H,38,46)/t22-,29?,31+,32-,35+/m0/s1. The van der Waals surface area contributed by atoms with E-state index in [1.165, 1.54) is 0 Å². The van der Waals surface area contributed by atoms with E-state index in [-0.39, 0.29) is 25.0 Å². The summed E-state index contributed by atoms with van der Waals surface area (Å²) in [4.78, 5) is 29.9. The van der Waals surface area contributed by atoms with Crippen molar-refractivity contribution in [2.24, 2.45) is 5.92 Å². The Morgan fingerprint density at radius 2 is 1.98 bits per heavy atom. The van der Waals surface area contributed by atoms with Gasteiger partial charge >= 0.3 is 0 Å². The van der Waals surface area contributed by atoms with Crippen molar-refractivity contribution in [3.05, 3.63) is 59.4 Å². The summed E-state index contributed by atoms with van der Waals surface area (Å²) in [6.07, 6.45) is 3.87. The van der Waals surface area contributed by atoms with Crippen LogP contribution in [0.15, 0.2) is 42.6 Å². The molecular weight excluding hydrogens is 648 g/mol. The van der Waals surface area contributed by atoms with Crippen molar-refractivity contribution in [1.82, 2.24) is 20.3 Å². The lowest BCUT2D eigenvalue weighted by atomic mass is 9.82. The molecule has 0 saturated carbocycles. The molecule has 1 fully saturated rings. The lowest BCUT2D eigenvalue weighted by Gasteiger charge is -2.36. The average molecular weight is 695 g/mol. The van der Waals surface area contributed by atoms with Gasteiger partial charge in [0.2, 0.25) is 14.3 Å². The Hall–Kier alpha value is -3.69. The van der Waals surface area contributed by atoms with Crippen molar-refractivity contribution in [2.45, 2.75) is 88.9 Å². The topological polar surface area (TPSA) is 151 Å². The zero-order valence-corrected chi connectivity index (χ0v) is 29.6. The Bertz CT molecular complexity index is 1680. The summed E-state index contributed by atoms with van der Waals surface area (Å²) >= 11 is 0. The molecular formula is C35H47FN6O6Si. The van der Waals surface area contributed by atoms with Gasteiger partial charge in [0.15, 0.2) is 5.60 Å². The molecule has 2 amide bonds. The molecule has 3 aromatic rings. The minimum absolute atomic E-state index is 0.0323. The number of nitrogens with zero attached hydrogens (tertiary/aromatic N) is 4. The molecule has 12 nitrogen and oxygen atoms in total. The maximum atomic E-state index is 16.2. The highest BCUT2D eigenvalue weighted by Crippen LogP contribution is 2.59. The van der Waals surface area contributed by atoms with Crippen LogP contribution < -0.4 is 20.3 Å². The van der Waals surface area contributed by atoms with Crippen LogP contribution in [0.5, 0.6) is 5.75 Å². The molecule has 1 unspecified atom stereocenters. The van der Waals surface area contributed by atoms with Gasteiger partial charge in [0.05, 0.1) is 30.1 Å². The minimum Gasteiger partial charge on any atom is -0.494 e. The van der Waals surface area contributed by atoms with E-state index in [1.807, 2.05) is 44.2 Å². The van der Waals surface area contributed by atoms with Crippen LogP contribution in [-0.4, -0.2) is 83.9 Å². The number of carbonyl (C=O) groups excluding carboxylic acids is 2. The van der Waals surface area contributed by atoms with Crippen LogP contribution in [0.1, 0.15) is 49.9 Å². The van der Waals surface area contributed by atoms with Gasteiger partial charge in [0.25, 0.3) is 5.91 Å². The second-order valence-electron chi connectivity index (χ2n) is 13.7. The fraction of sp³-hybridized carbons (Fsp3) is 0.543. The number of benzene rings is 2. The Balaban J connectivity index is 1.36. The number of nitrogens with one attached hydrogen (secondary N) is 2. The van der Waals surface area contributed by atoms with Gasteiger partial charge in [-0.2, -0.15) is 0 Å². The first-order valence-corrected chi connectivity index (χ1v) is 20.2. The summed E-state index contributed by atoms with van der Waals surface area (Å²) in [5, 5.41) is 33.1. The molecule has 4 heterocycles. The highest BCUT2D eigenvalue weighted by molar-refractivity contribution is 6.72. The lowest BCUT2D eigenvalue weighted by Crippen LogP contribution is -2.49. The lowest BCUT2D eigenvalue weighted by molar-refractivity contribution is -0.143. The van der Waals surface area contributed by atoms with Crippen LogP contribution >= 0.6 is 0 Å². The number of aliphatic hydroxyl groups is 2. The predicted octanol–water partition coefficient (Wildman–Crippen LogP) is 3.98. The molecule has 2 aromatic carbocycles. The number of carbonyl (C=O) groups is 2. The van der Waals surface area contributed by atoms with Crippen LogP contribution in [-0.2, 0) is 39.3 Å². The summed E-state index contributed by atoms with van der Waals surface area (Å²) < 4.78 is 30.4. The first-order chi connectivity index (χ1) is 23.5. The highest BCUT2D eigenvalue weighted by Gasteiger charge is 2.65. The highest BCUT2D eigenvalue weighted by atomic mass is 28.4. The number of fused-ring (bicyclic) bond motifs is 3. The van der Waals surface area contributed by atoms with Crippen molar-refractivity contribution in [2.75, 3.05) is 36.6 Å². The summed E-state index contributed by atoms with van der Waals surface area (Å²) in [7, 11) is -3.37. The van der Waals surface area contributed by atoms with E-state index >= 15 is 4.11 Å². The third-order valence-electron chi connectivity index (χ3n) is 10.1. The van der Waals surface area contributed by atoms with Crippen molar-refractivity contribution < 1.29 is 33.4 Å². The van der Waals surface area contributed by atoms with E-state index in [2.05, 4.69) is 20.9 Å². The molecule has 49 heavy (non-hydrogen) atoms. The van der Waals surface area contributed by atoms with E-state index in [0.717, 1.165) is 23.4 Å². The third kappa shape index (κ3) is 6.64. The van der Waals surface area contributed by atoms with Gasteiger partial charge in [-0.3, -0.25) is 19.2 Å². The Morgan fingerprint density at radius 3 is 2.71 bits per heavy atom. The van der Waals surface area contributed by atoms with E-state index < -0.39 is 37.6 Å². The molecule has 14 heteroatoms. The second-order valence-corrected chi connectivity index (χ2v) is 17.5. The largest absolute Gasteiger partial charge is 0.494 e. The second kappa shape index (κ2) is 14.3. The predicted molar refractivity (Wildman–Crippen MR) is 185 cm³/mol. The number of aryl methyl sites for hydroxylation is 1. The maximum Gasteiger partial charge on any atom is 0.261 e. The summed E-state index contributed by atoms with van der Waals surface area (Å²) in [5.41, 5.74) is 2.17. The molecule has 3 aliphatic heterocycles. The molecule has 5 atom stereocenters. The molecule has 1 spiro atoms. The maximum absolute atomic E-state index is 16.2. The fourth-order valence-corrected chi connectivity index (χ4v) is 10.5. The van der Waals surface area contributed by atoms with Crippen LogP contribution in [0.3, 0.4) is 0 Å². The first-order valence-electron chi connectivity index (χ1n) is 17.3. The van der Waals surface area contributed by atoms with Crippen LogP contribution in [0.25, 0.3) is 0 Å². The van der Waals surface area contributed by atoms with Gasteiger partial charge in [0.1, 0.15) is 5.75 Å². The number of amides is 2. The smallest absolute Gasteiger partial charge is 0.261 e. The number of ether oxygens (including phenoxy) is 2. The Labute approximate surface area is 287 Å². The molecule has 6 rings (SSSR count). The third-order valence-corrected chi connectivity index (χ3v) is 12.5. The summed E-state index contributed by atoms with van der Waals surface area (Å²) in [6.45, 7) is 8.71. The summed E-state index contributed by atoms with van der Waals surface area (Å²) in [6, 6.07) is 10.7. The number of rotatable bonds is 14. The Morgan fingerprint density at radius 1 is 1.16 bits per heavy atom. The molecule has 1 aromatic heterocycles. The van der Waals surface area contributed by atoms with Crippen LogP contribution in [0, 0.1) is 5.92 Å². The van der Waals surface area contributed by atoms with Gasteiger partial charge in [-0.05, 0) is 94.2 Å². The van der Waals surface area contributed by atoms with Crippen molar-refractivity contribution in [1.29, 1.82) is 0 Å². The van der Waals surface area contributed by atoms with E-state index in [4.69, 9.17) is 9.47 Å². The number of hydrogen-bond acceptors (Lipinski definition) is 9. The fourth-order valence-electron chi connectivity index (χ4n) is 7.92. The zero-order valence-electron chi connectivity index (χ0n) is 28.6. The minimum atomic E-state index is -3.37. The van der Waals surface area contributed by atoms with Crippen molar-refractivity contribution >= 4 is 37.3 Å². The van der Waals surface area contributed by atoms with Crippen LogP contribution in [0.4, 0.5) is 21.2 Å². The average Bonchev–Trinajstić information content (AvgIpc) is 3.72. The monoisotopic (exact) mass is 694 g/mol. The van der Waals surface area contributed by atoms with E-state index in [9.17, 15) is 19.8 Å². The van der Waals surface area contributed by atoms with Gasteiger partial charge in [-0.15, -0.1) is 5.10 Å². The quantitative estimate of drug-likeness (QED) is 0.112. The molecule has 0 radical (unpaired) electrons. The molecule has 4 N–H and O–H groups in total. The SMILES string of the molecule is CCOc1ccc2c(c1)CC(NCCCCO)C(=O)N2c1ccc2c(c1)[C@@]1(O[C@H](CCn3cc(CCO)nn3)[C@@H]([Si](C)(C)F)[C@@H]1C)C(=O)N2. The number of aliphatic hydroxyl groups excluding tert-OH is 2. The molecule has 0 aliphatic carbocycles. The van der Waals surface area contributed by atoms with E-state index in [1.54, 1.807) is 34.9 Å². The van der Waals surface area contributed by atoms with Crippen molar-refractivity contribution in [3.8, 4) is 5.75 Å². The number of unbranched alkanes of at least 4 members (excludes halogenated alkanes) is 1. The number of aromatic nitrogens is 3.